The zero-order chi connectivity index (χ0) is 42.8. The van der Waals surface area contributed by atoms with Gasteiger partial charge in [-0.2, -0.15) is 5.26 Å². The summed E-state index contributed by atoms with van der Waals surface area (Å²) in [5.41, 5.74) is 9.16. The molecule has 6 nitrogen and oxygen atoms in total. The van der Waals surface area contributed by atoms with E-state index in [4.69, 9.17) is 18.9 Å². The molecular weight excluding hydrogens is 773 g/mol. The maximum Gasteiger partial charge on any atom is 0.130 e. The molecule has 0 fully saturated rings. The molecule has 0 radical (unpaired) electrons. The van der Waals surface area contributed by atoms with E-state index in [-0.39, 0.29) is 0 Å². The van der Waals surface area contributed by atoms with Gasteiger partial charge < -0.3 is 23.8 Å². The first-order valence-corrected chi connectivity index (χ1v) is 22.8. The summed E-state index contributed by atoms with van der Waals surface area (Å²) in [6, 6.07) is 45.0. The first-order chi connectivity index (χ1) is 29.9. The van der Waals surface area contributed by atoms with Crippen molar-refractivity contribution in [3.63, 3.8) is 0 Å². The molecule has 0 atom stereocenters. The molecule has 0 bridgehead atoms. The van der Waals surface area contributed by atoms with Crippen molar-refractivity contribution >= 4 is 34.5 Å². The SMILES string of the molecule is CCCCOc1ccc(-c2ccc(N(c3ccc(-c4ccc(/C=C(\C)C#N)s4)cc3)c3ccc(-c4ccc(OCCCC)cc4OCCCC)cc3)cc2)c(OCCCC)c1. The summed E-state index contributed by atoms with van der Waals surface area (Å²) in [5, 5.41) is 9.29. The molecule has 1 aromatic heterocycles. The lowest BCUT2D eigenvalue weighted by atomic mass is 10.0. The Labute approximate surface area is 368 Å². The second-order valence-electron chi connectivity index (χ2n) is 15.2. The van der Waals surface area contributed by atoms with Crippen LogP contribution in [0.15, 0.2) is 127 Å². The Hall–Kier alpha value is -5.97. The van der Waals surface area contributed by atoms with Crippen LogP contribution in [0.3, 0.4) is 0 Å². The van der Waals surface area contributed by atoms with E-state index >= 15 is 0 Å². The summed E-state index contributed by atoms with van der Waals surface area (Å²) >= 11 is 1.68. The van der Waals surface area contributed by atoms with E-state index in [9.17, 15) is 5.26 Å². The maximum atomic E-state index is 9.29. The Morgan fingerprint density at radius 2 is 0.934 bits per heavy atom. The van der Waals surface area contributed by atoms with Crippen LogP contribution in [-0.4, -0.2) is 26.4 Å². The molecule has 6 aromatic rings. The Kier molecular flexibility index (Phi) is 16.9. The standard InChI is InChI=1S/C54H60N2O4S/c1-6-10-32-57-47-26-29-50(52(37-47)59-34-12-8-3)41-14-20-44(21-15-41)56(46-24-18-43(19-25-46)54-31-28-49(61-54)36-40(5)39-55)45-22-16-42(17-23-45)51-30-27-48(58-33-11-7-2)38-53(51)60-35-13-9-4/h14-31,36-38H,6-13,32-35H2,1-5H3/b40-36+. The highest BCUT2D eigenvalue weighted by molar-refractivity contribution is 7.16. The minimum absolute atomic E-state index is 0.659. The summed E-state index contributed by atoms with van der Waals surface area (Å²) in [7, 11) is 0. The van der Waals surface area contributed by atoms with E-state index < -0.39 is 0 Å². The fourth-order valence-electron chi connectivity index (χ4n) is 6.86. The van der Waals surface area contributed by atoms with Gasteiger partial charge in [-0.05, 0) is 128 Å². The number of allylic oxidation sites excluding steroid dienone is 1. The van der Waals surface area contributed by atoms with Gasteiger partial charge in [0, 0.05) is 55.6 Å². The van der Waals surface area contributed by atoms with Crippen molar-refractivity contribution in [2.75, 3.05) is 31.3 Å². The van der Waals surface area contributed by atoms with E-state index in [1.807, 2.05) is 37.3 Å². The van der Waals surface area contributed by atoms with Crippen LogP contribution in [0.1, 0.15) is 90.9 Å². The largest absolute Gasteiger partial charge is 0.493 e. The molecule has 0 saturated carbocycles. The summed E-state index contributed by atoms with van der Waals surface area (Å²) in [6.07, 6.45) is 10.3. The number of thiophene rings is 1. The molecule has 0 saturated heterocycles. The van der Waals surface area contributed by atoms with Gasteiger partial charge in [0.2, 0.25) is 0 Å². The summed E-state index contributed by atoms with van der Waals surface area (Å²) < 4.78 is 24.8. The molecule has 0 amide bonds. The maximum absolute atomic E-state index is 9.29. The highest BCUT2D eigenvalue weighted by atomic mass is 32.1. The molecule has 316 valence electrons. The molecule has 7 heteroatoms. The van der Waals surface area contributed by atoms with Crippen LogP contribution >= 0.6 is 11.3 Å². The average molecular weight is 833 g/mol. The number of ether oxygens (including phenoxy) is 4. The quantitative estimate of drug-likeness (QED) is 0.0473. The molecule has 0 aliphatic heterocycles. The van der Waals surface area contributed by atoms with Gasteiger partial charge >= 0.3 is 0 Å². The number of rotatable bonds is 23. The predicted molar refractivity (Wildman–Crippen MR) is 256 cm³/mol. The first kappa shape index (κ1) is 44.6. The van der Waals surface area contributed by atoms with Crippen LogP contribution in [0.5, 0.6) is 23.0 Å². The lowest BCUT2D eigenvalue weighted by Gasteiger charge is -2.26. The minimum atomic E-state index is 0.659. The van der Waals surface area contributed by atoms with Crippen LogP contribution in [0.4, 0.5) is 17.1 Å². The average Bonchev–Trinajstić information content (AvgIpc) is 3.76. The van der Waals surface area contributed by atoms with E-state index in [2.05, 4.69) is 136 Å². The topological polar surface area (TPSA) is 64.0 Å². The van der Waals surface area contributed by atoms with Gasteiger partial charge in [0.1, 0.15) is 23.0 Å². The summed E-state index contributed by atoms with van der Waals surface area (Å²) in [4.78, 5) is 4.51. The van der Waals surface area contributed by atoms with Crippen molar-refractivity contribution in [3.8, 4) is 61.8 Å². The van der Waals surface area contributed by atoms with E-state index in [0.29, 0.717) is 32.0 Å². The van der Waals surface area contributed by atoms with Gasteiger partial charge in [-0.3, -0.25) is 0 Å². The normalized spacial score (nSPS) is 11.2. The van der Waals surface area contributed by atoms with Gasteiger partial charge in [0.15, 0.2) is 0 Å². The van der Waals surface area contributed by atoms with Gasteiger partial charge in [-0.1, -0.05) is 89.8 Å². The second kappa shape index (κ2) is 23.1. The Morgan fingerprint density at radius 3 is 1.34 bits per heavy atom. The number of hydrogen-bond donors (Lipinski definition) is 0. The number of unbranched alkanes of at least 4 members (excludes halogenated alkanes) is 4. The van der Waals surface area contributed by atoms with Crippen LogP contribution in [0.25, 0.3) is 38.8 Å². The molecule has 5 aromatic carbocycles. The Bertz CT molecular complexity index is 2230. The number of benzene rings is 5. The van der Waals surface area contributed by atoms with E-state index in [1.165, 1.54) is 0 Å². The van der Waals surface area contributed by atoms with Crippen molar-refractivity contribution in [2.45, 2.75) is 86.0 Å². The third kappa shape index (κ3) is 12.3. The fraction of sp³-hybridized carbons (Fsp3) is 0.315. The number of anilines is 3. The smallest absolute Gasteiger partial charge is 0.130 e. The number of hydrogen-bond acceptors (Lipinski definition) is 7. The monoisotopic (exact) mass is 832 g/mol. The van der Waals surface area contributed by atoms with Gasteiger partial charge in [-0.25, -0.2) is 0 Å². The summed E-state index contributed by atoms with van der Waals surface area (Å²) in [6.45, 7) is 13.2. The zero-order valence-corrected chi connectivity index (χ0v) is 37.4. The molecule has 61 heavy (non-hydrogen) atoms. The molecule has 0 N–H and O–H groups in total. The molecule has 0 spiro atoms. The first-order valence-electron chi connectivity index (χ1n) is 22.0. The van der Waals surface area contributed by atoms with Crippen molar-refractivity contribution in [2.24, 2.45) is 0 Å². The van der Waals surface area contributed by atoms with Gasteiger partial charge in [0.05, 0.1) is 32.5 Å². The molecule has 1 heterocycles. The van der Waals surface area contributed by atoms with Gasteiger partial charge in [-0.15, -0.1) is 11.3 Å². The predicted octanol–water partition coefficient (Wildman–Crippen LogP) is 15.9. The summed E-state index contributed by atoms with van der Waals surface area (Å²) in [5.74, 6) is 3.35. The van der Waals surface area contributed by atoms with E-state index in [1.54, 1.807) is 11.3 Å². The van der Waals surface area contributed by atoms with E-state index in [0.717, 1.165) is 129 Å². The minimum Gasteiger partial charge on any atom is -0.493 e. The van der Waals surface area contributed by atoms with Crippen molar-refractivity contribution < 1.29 is 18.9 Å². The lowest BCUT2D eigenvalue weighted by molar-refractivity contribution is 0.294. The molecule has 6 rings (SSSR count). The molecule has 0 aliphatic rings. The fourth-order valence-corrected chi connectivity index (χ4v) is 7.87. The second-order valence-corrected chi connectivity index (χ2v) is 16.4. The zero-order valence-electron chi connectivity index (χ0n) is 36.5. The van der Waals surface area contributed by atoms with Crippen LogP contribution in [0, 0.1) is 11.3 Å². The number of nitriles is 1. The van der Waals surface area contributed by atoms with Gasteiger partial charge in [0.25, 0.3) is 0 Å². The highest BCUT2D eigenvalue weighted by Gasteiger charge is 2.17. The number of nitrogens with zero attached hydrogens (tertiary/aromatic N) is 2. The molecular formula is C54H60N2O4S. The third-order valence-electron chi connectivity index (χ3n) is 10.4. The molecule has 0 aliphatic carbocycles. The van der Waals surface area contributed by atoms with Crippen molar-refractivity contribution in [1.82, 2.24) is 0 Å². The lowest BCUT2D eigenvalue weighted by Crippen LogP contribution is -2.10. The van der Waals surface area contributed by atoms with Crippen molar-refractivity contribution in [3.05, 3.63) is 132 Å². The highest BCUT2D eigenvalue weighted by Crippen LogP contribution is 2.41. The van der Waals surface area contributed by atoms with Crippen LogP contribution in [0.2, 0.25) is 0 Å². The Balaban J connectivity index is 1.35. The van der Waals surface area contributed by atoms with Crippen LogP contribution < -0.4 is 23.8 Å². The van der Waals surface area contributed by atoms with Crippen LogP contribution in [-0.2, 0) is 0 Å². The third-order valence-corrected chi connectivity index (χ3v) is 11.5. The molecule has 0 unspecified atom stereocenters. The van der Waals surface area contributed by atoms with Crippen molar-refractivity contribution in [1.29, 1.82) is 5.26 Å². The Morgan fingerprint density at radius 1 is 0.525 bits per heavy atom.